The van der Waals surface area contributed by atoms with Crippen molar-refractivity contribution in [3.63, 3.8) is 0 Å². The lowest BCUT2D eigenvalue weighted by Crippen LogP contribution is -3.00. The molecule has 0 saturated heterocycles. The van der Waals surface area contributed by atoms with E-state index in [1.54, 1.807) is 0 Å². The quantitative estimate of drug-likeness (QED) is 0.367. The first-order chi connectivity index (χ1) is 7.10. The maximum atomic E-state index is 6.17. The van der Waals surface area contributed by atoms with Crippen molar-refractivity contribution in [2.45, 2.75) is 53.4 Å². The van der Waals surface area contributed by atoms with Crippen molar-refractivity contribution in [2.24, 2.45) is 11.7 Å². The average molecular weight is 267 g/mol. The Morgan fingerprint density at radius 2 is 1.56 bits per heavy atom. The minimum absolute atomic E-state index is 0. The van der Waals surface area contributed by atoms with Crippen LogP contribution < -0.4 is 23.1 Å². The zero-order valence-corrected chi connectivity index (χ0v) is 12.3. The van der Waals surface area contributed by atoms with Gasteiger partial charge in [-0.1, -0.05) is 27.7 Å². The monoisotopic (exact) mass is 266 g/mol. The molecular weight excluding hydrogens is 243 g/mol. The SMILES string of the molecule is CCC(CC)=C(Cl)/[NH+]=C(/N)C(CC)CC.[Cl-]. The van der Waals surface area contributed by atoms with Gasteiger partial charge in [0.1, 0.15) is 0 Å². The first-order valence-corrected chi connectivity index (χ1v) is 6.25. The van der Waals surface area contributed by atoms with Crippen molar-refractivity contribution in [2.75, 3.05) is 0 Å². The van der Waals surface area contributed by atoms with Gasteiger partial charge in [-0.05, 0) is 42.9 Å². The Balaban J connectivity index is 0. The second kappa shape index (κ2) is 9.98. The van der Waals surface area contributed by atoms with Crippen LogP contribution in [0.4, 0.5) is 0 Å². The minimum atomic E-state index is 0. The van der Waals surface area contributed by atoms with E-state index >= 15 is 0 Å². The van der Waals surface area contributed by atoms with E-state index < -0.39 is 0 Å². The molecule has 2 nitrogen and oxygen atoms in total. The molecule has 4 heteroatoms. The van der Waals surface area contributed by atoms with E-state index in [4.69, 9.17) is 17.3 Å². The fraction of sp³-hybridized carbons (Fsp3) is 0.750. The number of hydrogen-bond acceptors (Lipinski definition) is 0. The Morgan fingerprint density at radius 3 is 1.88 bits per heavy atom. The summed E-state index contributed by atoms with van der Waals surface area (Å²) in [6, 6.07) is 0. The Kier molecular flexibility index (Phi) is 11.3. The van der Waals surface area contributed by atoms with Gasteiger partial charge < -0.3 is 12.4 Å². The van der Waals surface area contributed by atoms with E-state index in [1.165, 1.54) is 5.57 Å². The van der Waals surface area contributed by atoms with Gasteiger partial charge in [0.25, 0.3) is 0 Å². The molecule has 0 fully saturated rings. The van der Waals surface area contributed by atoms with Crippen molar-refractivity contribution in [1.82, 2.24) is 0 Å². The second-order valence-electron chi connectivity index (χ2n) is 3.72. The topological polar surface area (TPSA) is 40.0 Å². The van der Waals surface area contributed by atoms with Crippen LogP contribution in [-0.2, 0) is 0 Å². The third-order valence-electron chi connectivity index (χ3n) is 2.84. The summed E-state index contributed by atoms with van der Waals surface area (Å²) in [6.07, 6.45) is 4.04. The van der Waals surface area contributed by atoms with Gasteiger partial charge in [-0.25, -0.2) is 4.99 Å². The molecule has 96 valence electrons. The molecule has 0 aromatic heterocycles. The van der Waals surface area contributed by atoms with Crippen molar-refractivity contribution >= 4 is 17.4 Å². The maximum Gasteiger partial charge on any atom is 0.249 e. The molecular formula is C12H24Cl2N2. The Hall–Kier alpha value is -0.210. The molecule has 0 unspecified atom stereocenters. The van der Waals surface area contributed by atoms with Gasteiger partial charge in [0, 0.05) is 0 Å². The summed E-state index contributed by atoms with van der Waals surface area (Å²) in [5.74, 6) is 1.21. The van der Waals surface area contributed by atoms with Crippen LogP contribution >= 0.6 is 11.6 Å². The Morgan fingerprint density at radius 1 is 1.12 bits per heavy atom. The van der Waals surface area contributed by atoms with Crippen molar-refractivity contribution in [3.05, 3.63) is 10.7 Å². The number of hydrogen-bond donors (Lipinski definition) is 2. The van der Waals surface area contributed by atoms with Crippen LogP contribution in [0.5, 0.6) is 0 Å². The van der Waals surface area contributed by atoms with E-state index in [0.717, 1.165) is 31.5 Å². The molecule has 0 aliphatic carbocycles. The molecule has 3 N–H and O–H groups in total. The molecule has 0 amide bonds. The van der Waals surface area contributed by atoms with E-state index in [1.807, 2.05) is 0 Å². The highest BCUT2D eigenvalue weighted by Crippen LogP contribution is 2.10. The highest BCUT2D eigenvalue weighted by atomic mass is 35.5. The van der Waals surface area contributed by atoms with Gasteiger partial charge in [-0.3, -0.25) is 5.73 Å². The summed E-state index contributed by atoms with van der Waals surface area (Å²) in [5.41, 5.74) is 7.20. The smallest absolute Gasteiger partial charge is 0.249 e. The van der Waals surface area contributed by atoms with E-state index in [9.17, 15) is 0 Å². The van der Waals surface area contributed by atoms with Crippen LogP contribution in [0.2, 0.25) is 0 Å². The summed E-state index contributed by atoms with van der Waals surface area (Å²) in [7, 11) is 0. The van der Waals surface area contributed by atoms with Crippen LogP contribution in [0.1, 0.15) is 53.4 Å². The fourth-order valence-electron chi connectivity index (χ4n) is 1.61. The lowest BCUT2D eigenvalue weighted by Gasteiger charge is -2.07. The largest absolute Gasteiger partial charge is 1.00 e. The van der Waals surface area contributed by atoms with Crippen LogP contribution in [-0.4, -0.2) is 5.84 Å². The van der Waals surface area contributed by atoms with E-state index in [2.05, 4.69) is 32.7 Å². The Bertz CT molecular complexity index is 237. The van der Waals surface area contributed by atoms with E-state index in [0.29, 0.717) is 11.1 Å². The normalized spacial score (nSPS) is 11.2. The molecule has 0 atom stereocenters. The zero-order valence-electron chi connectivity index (χ0n) is 10.7. The average Bonchev–Trinajstić information content (AvgIpc) is 2.21. The molecule has 16 heavy (non-hydrogen) atoms. The maximum absolute atomic E-state index is 6.17. The molecule has 0 saturated carbocycles. The highest BCUT2D eigenvalue weighted by Gasteiger charge is 2.14. The predicted octanol–water partition coefficient (Wildman–Crippen LogP) is -0.865. The first kappa shape index (κ1) is 18.2. The molecule has 0 heterocycles. The second-order valence-corrected chi connectivity index (χ2v) is 4.10. The molecule has 0 bridgehead atoms. The summed E-state index contributed by atoms with van der Waals surface area (Å²) in [4.78, 5) is 3.12. The van der Waals surface area contributed by atoms with Gasteiger partial charge in [0.15, 0.2) is 5.16 Å². The lowest BCUT2D eigenvalue weighted by atomic mass is 10.0. The summed E-state index contributed by atoms with van der Waals surface area (Å²) in [6.45, 7) is 8.49. The van der Waals surface area contributed by atoms with Crippen LogP contribution in [0.15, 0.2) is 10.7 Å². The molecule has 0 spiro atoms. The van der Waals surface area contributed by atoms with Crippen molar-refractivity contribution in [3.8, 4) is 0 Å². The predicted molar refractivity (Wildman–Crippen MR) is 67.7 cm³/mol. The van der Waals surface area contributed by atoms with Gasteiger partial charge in [0.2, 0.25) is 5.84 Å². The molecule has 0 radical (unpaired) electrons. The third-order valence-corrected chi connectivity index (χ3v) is 3.21. The van der Waals surface area contributed by atoms with Gasteiger partial charge in [-0.2, -0.15) is 0 Å². The van der Waals surface area contributed by atoms with Gasteiger partial charge >= 0.3 is 0 Å². The number of nitrogens with one attached hydrogen (secondary N) is 1. The lowest BCUT2D eigenvalue weighted by molar-refractivity contribution is -0.389. The summed E-state index contributed by atoms with van der Waals surface area (Å²) in [5, 5.41) is 0.712. The first-order valence-electron chi connectivity index (χ1n) is 5.87. The zero-order chi connectivity index (χ0) is 11.8. The Labute approximate surface area is 111 Å². The van der Waals surface area contributed by atoms with Crippen molar-refractivity contribution < 1.29 is 17.4 Å². The van der Waals surface area contributed by atoms with Crippen LogP contribution in [0.25, 0.3) is 0 Å². The number of halogens is 2. The van der Waals surface area contributed by atoms with Crippen LogP contribution in [0, 0.1) is 5.92 Å². The molecule has 0 aliphatic rings. The standard InChI is InChI=1S/C12H23ClN2.ClH/c1-5-9(6-2)11(13)15-12(14)10(7-3)8-4;/h10H,5-8H2,1-4H3,(H2,14,15);1H. The highest BCUT2D eigenvalue weighted by molar-refractivity contribution is 6.28. The third kappa shape index (κ3) is 5.76. The fourth-order valence-corrected chi connectivity index (χ4v) is 1.98. The van der Waals surface area contributed by atoms with Gasteiger partial charge in [-0.15, -0.1) is 0 Å². The molecule has 0 rings (SSSR count). The minimum Gasteiger partial charge on any atom is -1.00 e. The molecule has 0 aromatic rings. The van der Waals surface area contributed by atoms with Crippen LogP contribution in [0.3, 0.4) is 0 Å². The number of amidine groups is 1. The summed E-state index contributed by atoms with van der Waals surface area (Å²) >= 11 is 6.17. The molecule has 0 aliphatic heterocycles. The van der Waals surface area contributed by atoms with Gasteiger partial charge in [0.05, 0.1) is 5.92 Å². The summed E-state index contributed by atoms with van der Waals surface area (Å²) < 4.78 is 0. The van der Waals surface area contributed by atoms with E-state index in [-0.39, 0.29) is 12.4 Å². The number of allylic oxidation sites excluding steroid dienone is 1. The number of nitrogens with two attached hydrogens (primary N) is 1. The molecule has 0 aromatic carbocycles. The van der Waals surface area contributed by atoms with Crippen molar-refractivity contribution in [1.29, 1.82) is 0 Å². The number of rotatable bonds is 6.